The van der Waals surface area contributed by atoms with Crippen LogP contribution in [-0.4, -0.2) is 33.0 Å². The average molecular weight is 355 g/mol. The molecule has 0 aliphatic carbocycles. The molecule has 3 heterocycles. The van der Waals surface area contributed by atoms with Crippen molar-refractivity contribution in [2.24, 2.45) is 0 Å². The number of rotatable bonds is 2. The van der Waals surface area contributed by atoms with Crippen LogP contribution in [-0.2, 0) is 0 Å². The van der Waals surface area contributed by atoms with Gasteiger partial charge >= 0.3 is 0 Å². The maximum absolute atomic E-state index is 6.12. The molecule has 8 heteroatoms. The van der Waals surface area contributed by atoms with Gasteiger partial charge in [0.25, 0.3) is 0 Å². The first-order chi connectivity index (χ1) is 10.6. The Hall–Kier alpha value is -1.56. The van der Waals surface area contributed by atoms with Crippen molar-refractivity contribution in [3.63, 3.8) is 0 Å². The highest BCUT2D eigenvalue weighted by atomic mass is 35.5. The zero-order valence-electron chi connectivity index (χ0n) is 11.2. The molecule has 1 fully saturated rings. The van der Waals surface area contributed by atoms with Crippen LogP contribution in [0.25, 0.3) is 11.0 Å². The molecule has 0 saturated carbocycles. The van der Waals surface area contributed by atoms with Crippen LogP contribution in [0.1, 0.15) is 11.7 Å². The number of aromatic nitrogens is 4. The van der Waals surface area contributed by atoms with Crippen molar-refractivity contribution in [1.82, 2.24) is 19.9 Å². The lowest BCUT2D eigenvalue weighted by atomic mass is 9.99. The summed E-state index contributed by atoms with van der Waals surface area (Å²) in [4.78, 5) is 18.0. The Labute approximate surface area is 141 Å². The van der Waals surface area contributed by atoms with Crippen LogP contribution in [0, 0.1) is 0 Å². The molecule has 22 heavy (non-hydrogen) atoms. The normalized spacial score (nSPS) is 15.3. The number of benzene rings is 1. The van der Waals surface area contributed by atoms with Crippen molar-refractivity contribution in [3.05, 3.63) is 45.5 Å². The molecule has 0 unspecified atom stereocenters. The SMILES string of the molecule is Clc1ccc2[nH]c(C3CN(c4nc(Cl)ncc4Cl)C3)nc2c1. The summed E-state index contributed by atoms with van der Waals surface area (Å²) in [5, 5.41) is 1.38. The number of halogens is 3. The molecular weight excluding hydrogens is 345 g/mol. The first-order valence-electron chi connectivity index (χ1n) is 6.68. The Morgan fingerprint density at radius 2 is 1.95 bits per heavy atom. The van der Waals surface area contributed by atoms with E-state index in [1.165, 1.54) is 6.20 Å². The minimum absolute atomic E-state index is 0.196. The maximum atomic E-state index is 6.12. The number of nitrogens with zero attached hydrogens (tertiary/aromatic N) is 4. The molecule has 1 aliphatic heterocycles. The highest BCUT2D eigenvalue weighted by Gasteiger charge is 2.32. The van der Waals surface area contributed by atoms with E-state index in [0.717, 1.165) is 29.9 Å². The number of hydrogen-bond acceptors (Lipinski definition) is 4. The number of hydrogen-bond donors (Lipinski definition) is 1. The molecule has 1 saturated heterocycles. The molecular formula is C14H10Cl3N5. The summed E-state index contributed by atoms with van der Waals surface area (Å²) in [6, 6.07) is 5.64. The van der Waals surface area contributed by atoms with E-state index in [2.05, 4.69) is 24.8 Å². The quantitative estimate of drug-likeness (QED) is 0.709. The van der Waals surface area contributed by atoms with Gasteiger partial charge in [0.15, 0.2) is 5.82 Å². The number of nitrogens with one attached hydrogen (secondary N) is 1. The smallest absolute Gasteiger partial charge is 0.224 e. The molecule has 0 atom stereocenters. The predicted octanol–water partition coefficient (Wildman–Crippen LogP) is 3.92. The van der Waals surface area contributed by atoms with Gasteiger partial charge in [-0.2, -0.15) is 4.98 Å². The van der Waals surface area contributed by atoms with Crippen LogP contribution in [0.15, 0.2) is 24.4 Å². The van der Waals surface area contributed by atoms with Crippen LogP contribution in [0.4, 0.5) is 5.82 Å². The number of aromatic amines is 1. The van der Waals surface area contributed by atoms with Gasteiger partial charge in [0.2, 0.25) is 5.28 Å². The van der Waals surface area contributed by atoms with E-state index in [1.807, 2.05) is 18.2 Å². The fourth-order valence-corrected chi connectivity index (χ4v) is 3.08. The van der Waals surface area contributed by atoms with E-state index >= 15 is 0 Å². The Morgan fingerprint density at radius 1 is 1.14 bits per heavy atom. The van der Waals surface area contributed by atoms with Gasteiger partial charge in [-0.05, 0) is 29.8 Å². The van der Waals surface area contributed by atoms with Gasteiger partial charge in [-0.25, -0.2) is 9.97 Å². The molecule has 1 aromatic carbocycles. The second-order valence-electron chi connectivity index (χ2n) is 5.20. The second kappa shape index (κ2) is 5.26. The molecule has 112 valence electrons. The number of anilines is 1. The first kappa shape index (κ1) is 14.1. The Bertz CT molecular complexity index is 857. The molecule has 1 aliphatic rings. The molecule has 0 bridgehead atoms. The average Bonchev–Trinajstić information content (AvgIpc) is 2.83. The minimum atomic E-state index is 0.196. The molecule has 0 spiro atoms. The van der Waals surface area contributed by atoms with Gasteiger partial charge in [0.1, 0.15) is 10.8 Å². The molecule has 1 N–H and O–H groups in total. The largest absolute Gasteiger partial charge is 0.354 e. The third-order valence-electron chi connectivity index (χ3n) is 3.73. The first-order valence-corrected chi connectivity index (χ1v) is 7.82. The third kappa shape index (κ3) is 2.39. The van der Waals surface area contributed by atoms with Gasteiger partial charge < -0.3 is 9.88 Å². The van der Waals surface area contributed by atoms with E-state index in [-0.39, 0.29) is 5.28 Å². The summed E-state index contributed by atoms with van der Waals surface area (Å²) in [5.41, 5.74) is 1.87. The van der Waals surface area contributed by atoms with Gasteiger partial charge in [-0.1, -0.05) is 23.2 Å². The summed E-state index contributed by atoms with van der Waals surface area (Å²) in [6.07, 6.45) is 1.52. The molecule has 4 rings (SSSR count). The van der Waals surface area contributed by atoms with Gasteiger partial charge in [0, 0.05) is 18.1 Å². The lowest BCUT2D eigenvalue weighted by Crippen LogP contribution is -2.46. The summed E-state index contributed by atoms with van der Waals surface area (Å²) >= 11 is 17.9. The standard InChI is InChI=1S/C14H10Cl3N5/c15-8-1-2-10-11(3-8)20-12(19-10)7-5-22(6-7)13-9(16)4-18-14(17)21-13/h1-4,7H,5-6H2,(H,19,20). The monoisotopic (exact) mass is 353 g/mol. The second-order valence-corrected chi connectivity index (χ2v) is 6.38. The van der Waals surface area contributed by atoms with Crippen LogP contribution in [0.3, 0.4) is 0 Å². The van der Waals surface area contributed by atoms with Crippen LogP contribution in [0.2, 0.25) is 15.3 Å². The fourth-order valence-electron chi connectivity index (χ4n) is 2.58. The van der Waals surface area contributed by atoms with Crippen LogP contribution >= 0.6 is 34.8 Å². The van der Waals surface area contributed by atoms with E-state index < -0.39 is 0 Å². The van der Waals surface area contributed by atoms with Crippen molar-refractivity contribution in [3.8, 4) is 0 Å². The van der Waals surface area contributed by atoms with E-state index in [4.69, 9.17) is 34.8 Å². The molecule has 0 radical (unpaired) electrons. The maximum Gasteiger partial charge on any atom is 0.224 e. The third-order valence-corrected chi connectivity index (χ3v) is 4.41. The topological polar surface area (TPSA) is 57.7 Å². The summed E-state index contributed by atoms with van der Waals surface area (Å²) < 4.78 is 0. The summed E-state index contributed by atoms with van der Waals surface area (Å²) in [5.74, 6) is 1.91. The highest BCUT2D eigenvalue weighted by molar-refractivity contribution is 6.33. The number of fused-ring (bicyclic) bond motifs is 1. The van der Waals surface area contributed by atoms with Crippen LogP contribution < -0.4 is 4.90 Å². The Morgan fingerprint density at radius 3 is 2.77 bits per heavy atom. The fraction of sp³-hybridized carbons (Fsp3) is 0.214. The highest BCUT2D eigenvalue weighted by Crippen LogP contribution is 2.34. The van der Waals surface area contributed by atoms with Gasteiger partial charge in [0.05, 0.1) is 23.1 Å². The minimum Gasteiger partial charge on any atom is -0.354 e. The van der Waals surface area contributed by atoms with Gasteiger partial charge in [-0.3, -0.25) is 0 Å². The van der Waals surface area contributed by atoms with Gasteiger partial charge in [-0.15, -0.1) is 0 Å². The van der Waals surface area contributed by atoms with Crippen molar-refractivity contribution in [2.75, 3.05) is 18.0 Å². The zero-order chi connectivity index (χ0) is 15.3. The molecule has 3 aromatic rings. The predicted molar refractivity (Wildman–Crippen MR) is 88.1 cm³/mol. The van der Waals surface area contributed by atoms with Crippen molar-refractivity contribution >= 4 is 51.7 Å². The van der Waals surface area contributed by atoms with E-state index in [0.29, 0.717) is 21.8 Å². The lowest BCUT2D eigenvalue weighted by molar-refractivity contribution is 0.501. The number of H-pyrrole nitrogens is 1. The molecule has 0 amide bonds. The molecule has 5 nitrogen and oxygen atoms in total. The van der Waals surface area contributed by atoms with Crippen molar-refractivity contribution in [2.45, 2.75) is 5.92 Å². The van der Waals surface area contributed by atoms with Crippen molar-refractivity contribution < 1.29 is 0 Å². The summed E-state index contributed by atoms with van der Waals surface area (Å²) in [7, 11) is 0. The van der Waals surface area contributed by atoms with Crippen molar-refractivity contribution in [1.29, 1.82) is 0 Å². The zero-order valence-corrected chi connectivity index (χ0v) is 13.5. The lowest BCUT2D eigenvalue weighted by Gasteiger charge is -2.39. The van der Waals surface area contributed by atoms with Crippen LogP contribution in [0.5, 0.6) is 0 Å². The van der Waals surface area contributed by atoms with E-state index in [1.54, 1.807) is 0 Å². The Kier molecular flexibility index (Phi) is 3.36. The Balaban J connectivity index is 1.55. The summed E-state index contributed by atoms with van der Waals surface area (Å²) in [6.45, 7) is 1.56. The van der Waals surface area contributed by atoms with E-state index in [9.17, 15) is 0 Å². The molecule has 2 aromatic heterocycles. The number of imidazole rings is 1.